The number of carbonyl (C=O) groups is 1. The summed E-state index contributed by atoms with van der Waals surface area (Å²) in [6.07, 6.45) is 1.76. The monoisotopic (exact) mass is 324 g/mol. The number of anilines is 1. The molecule has 1 aromatic carbocycles. The zero-order chi connectivity index (χ0) is 16.3. The summed E-state index contributed by atoms with van der Waals surface area (Å²) in [5, 5.41) is 4.10. The minimum atomic E-state index is -0.461. The molecule has 1 saturated heterocycles. The van der Waals surface area contributed by atoms with Gasteiger partial charge in [0.2, 0.25) is 0 Å². The molecule has 0 bridgehead atoms. The van der Waals surface area contributed by atoms with Crippen LogP contribution in [0.1, 0.15) is 39.2 Å². The van der Waals surface area contributed by atoms with Gasteiger partial charge in [-0.1, -0.05) is 23.7 Å². The van der Waals surface area contributed by atoms with Crippen LogP contribution >= 0.6 is 11.6 Å². The number of hydrogen-bond donors (Lipinski definition) is 1. The van der Waals surface area contributed by atoms with Crippen LogP contribution in [-0.2, 0) is 4.74 Å². The molecule has 1 aromatic rings. The Morgan fingerprint density at radius 2 is 2.18 bits per heavy atom. The van der Waals surface area contributed by atoms with Crippen LogP contribution in [0.5, 0.6) is 0 Å². The SMILES string of the molecule is Cc1cccc(Cl)c1NCC1CCCN1C(=O)OC(C)(C)C. The fourth-order valence-corrected chi connectivity index (χ4v) is 2.97. The van der Waals surface area contributed by atoms with E-state index in [0.717, 1.165) is 30.6 Å². The second-order valence-corrected chi connectivity index (χ2v) is 7.19. The van der Waals surface area contributed by atoms with Crippen molar-refractivity contribution in [2.45, 2.75) is 52.2 Å². The molecular formula is C17H25ClN2O2. The van der Waals surface area contributed by atoms with Crippen LogP contribution in [0.3, 0.4) is 0 Å². The first kappa shape index (κ1) is 16.9. The second kappa shape index (κ2) is 6.78. The maximum absolute atomic E-state index is 12.3. The minimum Gasteiger partial charge on any atom is -0.444 e. The van der Waals surface area contributed by atoms with E-state index in [4.69, 9.17) is 16.3 Å². The summed E-state index contributed by atoms with van der Waals surface area (Å²) in [6.45, 7) is 9.13. The smallest absolute Gasteiger partial charge is 0.410 e. The maximum Gasteiger partial charge on any atom is 0.410 e. The molecule has 2 rings (SSSR count). The van der Waals surface area contributed by atoms with Crippen LogP contribution in [0.4, 0.5) is 10.5 Å². The summed E-state index contributed by atoms with van der Waals surface area (Å²) in [5.74, 6) is 0. The number of carbonyl (C=O) groups excluding carboxylic acids is 1. The minimum absolute atomic E-state index is 0.144. The molecule has 1 fully saturated rings. The third kappa shape index (κ3) is 4.29. The third-order valence-corrected chi connectivity index (χ3v) is 4.06. The van der Waals surface area contributed by atoms with Gasteiger partial charge in [-0.15, -0.1) is 0 Å². The molecule has 0 saturated carbocycles. The number of para-hydroxylation sites is 1. The van der Waals surface area contributed by atoms with E-state index in [1.54, 1.807) is 0 Å². The second-order valence-electron chi connectivity index (χ2n) is 6.78. The largest absolute Gasteiger partial charge is 0.444 e. The van der Waals surface area contributed by atoms with Crippen molar-refractivity contribution in [1.82, 2.24) is 4.90 Å². The number of aryl methyl sites for hydroxylation is 1. The van der Waals surface area contributed by atoms with Gasteiger partial charge < -0.3 is 15.0 Å². The van der Waals surface area contributed by atoms with Crippen LogP contribution in [0.15, 0.2) is 18.2 Å². The Hall–Kier alpha value is -1.42. The number of likely N-dealkylation sites (tertiary alicyclic amines) is 1. The van der Waals surface area contributed by atoms with Gasteiger partial charge in [0.15, 0.2) is 0 Å². The highest BCUT2D eigenvalue weighted by molar-refractivity contribution is 6.33. The van der Waals surface area contributed by atoms with E-state index in [-0.39, 0.29) is 12.1 Å². The van der Waals surface area contributed by atoms with Gasteiger partial charge in [-0.3, -0.25) is 0 Å². The summed E-state index contributed by atoms with van der Waals surface area (Å²) in [4.78, 5) is 14.1. The third-order valence-electron chi connectivity index (χ3n) is 3.74. The molecule has 5 heteroatoms. The van der Waals surface area contributed by atoms with Crippen molar-refractivity contribution in [1.29, 1.82) is 0 Å². The van der Waals surface area contributed by atoms with Crippen LogP contribution in [0.2, 0.25) is 5.02 Å². The van der Waals surface area contributed by atoms with E-state index in [1.807, 2.05) is 50.8 Å². The Kier molecular flexibility index (Phi) is 5.22. The summed E-state index contributed by atoms with van der Waals surface area (Å²) >= 11 is 6.23. The molecule has 1 aliphatic rings. The van der Waals surface area contributed by atoms with Crippen LogP contribution < -0.4 is 5.32 Å². The number of amides is 1. The average molecular weight is 325 g/mol. The summed E-state index contributed by atoms with van der Waals surface area (Å²) in [7, 11) is 0. The Bertz CT molecular complexity index is 520. The number of nitrogens with one attached hydrogen (secondary N) is 1. The zero-order valence-corrected chi connectivity index (χ0v) is 14.5. The summed E-state index contributed by atoms with van der Waals surface area (Å²) in [5.41, 5.74) is 1.59. The highest BCUT2D eigenvalue weighted by atomic mass is 35.5. The van der Waals surface area contributed by atoms with Gasteiger partial charge >= 0.3 is 6.09 Å². The van der Waals surface area contributed by atoms with Gasteiger partial charge in [-0.05, 0) is 52.2 Å². The zero-order valence-electron chi connectivity index (χ0n) is 13.8. The molecule has 0 aromatic heterocycles. The fourth-order valence-electron chi connectivity index (χ4n) is 2.68. The molecule has 0 aliphatic carbocycles. The highest BCUT2D eigenvalue weighted by Gasteiger charge is 2.32. The Morgan fingerprint density at radius 1 is 1.45 bits per heavy atom. The van der Waals surface area contributed by atoms with Crippen molar-refractivity contribution in [2.24, 2.45) is 0 Å². The number of halogens is 1. The van der Waals surface area contributed by atoms with Crippen LogP contribution in [0.25, 0.3) is 0 Å². The lowest BCUT2D eigenvalue weighted by Crippen LogP contribution is -2.42. The fraction of sp³-hybridized carbons (Fsp3) is 0.588. The van der Waals surface area contributed by atoms with Crippen molar-refractivity contribution in [2.75, 3.05) is 18.4 Å². The summed E-state index contributed by atoms with van der Waals surface area (Å²) < 4.78 is 5.48. The molecular weight excluding hydrogens is 300 g/mol. The van der Waals surface area contributed by atoms with Crippen molar-refractivity contribution >= 4 is 23.4 Å². The molecule has 1 heterocycles. The molecule has 122 valence electrons. The topological polar surface area (TPSA) is 41.6 Å². The van der Waals surface area contributed by atoms with Gasteiger partial charge in [0.05, 0.1) is 16.8 Å². The van der Waals surface area contributed by atoms with Crippen LogP contribution in [-0.4, -0.2) is 35.7 Å². The first-order chi connectivity index (χ1) is 10.3. The predicted octanol–water partition coefficient (Wildman–Crippen LogP) is 4.46. The first-order valence-corrected chi connectivity index (χ1v) is 8.14. The molecule has 4 nitrogen and oxygen atoms in total. The molecule has 0 spiro atoms. The molecule has 1 aliphatic heterocycles. The Labute approximate surface area is 137 Å². The van der Waals surface area contributed by atoms with Gasteiger partial charge in [0.25, 0.3) is 0 Å². The molecule has 1 amide bonds. The molecule has 0 radical (unpaired) electrons. The number of ether oxygens (including phenoxy) is 1. The quantitative estimate of drug-likeness (QED) is 0.892. The number of benzene rings is 1. The number of rotatable bonds is 3. The van der Waals surface area contributed by atoms with E-state index in [0.29, 0.717) is 11.6 Å². The molecule has 1 atom stereocenters. The lowest BCUT2D eigenvalue weighted by molar-refractivity contribution is 0.0235. The number of hydrogen-bond acceptors (Lipinski definition) is 3. The Balaban J connectivity index is 1.98. The lowest BCUT2D eigenvalue weighted by Gasteiger charge is -2.29. The normalized spacial score (nSPS) is 18.4. The van der Waals surface area contributed by atoms with Crippen molar-refractivity contribution in [3.8, 4) is 0 Å². The highest BCUT2D eigenvalue weighted by Crippen LogP contribution is 2.27. The predicted molar refractivity (Wildman–Crippen MR) is 90.6 cm³/mol. The standard InChI is InChI=1S/C17H25ClN2O2/c1-12-7-5-9-14(18)15(12)19-11-13-8-6-10-20(13)16(21)22-17(2,3)4/h5,7,9,13,19H,6,8,10-11H2,1-4H3. The molecule has 1 unspecified atom stereocenters. The van der Waals surface area contributed by atoms with Gasteiger partial charge in [0, 0.05) is 13.1 Å². The van der Waals surface area contributed by atoms with Gasteiger partial charge in [0.1, 0.15) is 5.60 Å². The maximum atomic E-state index is 12.3. The van der Waals surface area contributed by atoms with E-state index in [2.05, 4.69) is 5.32 Å². The summed E-state index contributed by atoms with van der Waals surface area (Å²) in [6, 6.07) is 5.97. The first-order valence-electron chi connectivity index (χ1n) is 7.76. The van der Waals surface area contributed by atoms with Crippen molar-refractivity contribution in [3.05, 3.63) is 28.8 Å². The van der Waals surface area contributed by atoms with E-state index in [9.17, 15) is 4.79 Å². The van der Waals surface area contributed by atoms with Gasteiger partial charge in [-0.25, -0.2) is 4.79 Å². The molecule has 1 N–H and O–H groups in total. The van der Waals surface area contributed by atoms with E-state index < -0.39 is 5.60 Å². The van der Waals surface area contributed by atoms with Crippen molar-refractivity contribution < 1.29 is 9.53 Å². The Morgan fingerprint density at radius 3 is 2.82 bits per heavy atom. The van der Waals surface area contributed by atoms with Crippen molar-refractivity contribution in [3.63, 3.8) is 0 Å². The lowest BCUT2D eigenvalue weighted by atomic mass is 10.1. The molecule has 22 heavy (non-hydrogen) atoms. The van der Waals surface area contributed by atoms with Crippen LogP contribution in [0, 0.1) is 6.92 Å². The van der Waals surface area contributed by atoms with E-state index >= 15 is 0 Å². The van der Waals surface area contributed by atoms with Gasteiger partial charge in [-0.2, -0.15) is 0 Å². The average Bonchev–Trinajstić information content (AvgIpc) is 2.84. The number of nitrogens with zero attached hydrogens (tertiary/aromatic N) is 1. The van der Waals surface area contributed by atoms with E-state index in [1.165, 1.54) is 0 Å².